The zero-order valence-corrected chi connectivity index (χ0v) is 13.6. The molecule has 5 nitrogen and oxygen atoms in total. The molecule has 0 saturated heterocycles. The van der Waals surface area contributed by atoms with Gasteiger partial charge in [0, 0.05) is 19.1 Å². The Morgan fingerprint density at radius 2 is 2.14 bits per heavy atom. The van der Waals surface area contributed by atoms with Crippen LogP contribution >= 0.6 is 11.6 Å². The Morgan fingerprint density at radius 3 is 2.77 bits per heavy atom. The highest BCUT2D eigenvalue weighted by molar-refractivity contribution is 6.29. The molecule has 0 aliphatic heterocycles. The molecule has 2 rings (SSSR count). The maximum atomic E-state index is 5.77. The van der Waals surface area contributed by atoms with Crippen LogP contribution in [-0.4, -0.2) is 41.5 Å². The Morgan fingerprint density at radius 1 is 1.41 bits per heavy atom. The van der Waals surface area contributed by atoms with Gasteiger partial charge in [-0.3, -0.25) is 4.99 Å². The zero-order valence-electron chi connectivity index (χ0n) is 12.8. The number of rotatable bonds is 5. The Labute approximate surface area is 135 Å². The second-order valence-electron chi connectivity index (χ2n) is 4.88. The summed E-state index contributed by atoms with van der Waals surface area (Å²) in [5, 5.41) is 3.67. The Bertz CT molecular complexity index is 648. The van der Waals surface area contributed by atoms with Crippen molar-refractivity contribution < 1.29 is 0 Å². The molecular formula is C16H20ClN5. The summed E-state index contributed by atoms with van der Waals surface area (Å²) in [5.41, 5.74) is 2.12. The number of nitrogens with zero attached hydrogens (tertiary/aromatic N) is 3. The van der Waals surface area contributed by atoms with Gasteiger partial charge in [0.05, 0.1) is 25.0 Å². The van der Waals surface area contributed by atoms with Crippen molar-refractivity contribution in [2.45, 2.75) is 6.54 Å². The van der Waals surface area contributed by atoms with Crippen LogP contribution in [0.2, 0.25) is 0 Å². The predicted molar refractivity (Wildman–Crippen MR) is 91.8 cm³/mol. The third-order valence-electron chi connectivity index (χ3n) is 3.11. The molecule has 22 heavy (non-hydrogen) atoms. The average molecular weight is 318 g/mol. The zero-order chi connectivity index (χ0) is 15.9. The van der Waals surface area contributed by atoms with E-state index in [4.69, 9.17) is 11.6 Å². The molecule has 2 aromatic rings. The highest BCUT2D eigenvalue weighted by atomic mass is 35.5. The van der Waals surface area contributed by atoms with Crippen LogP contribution < -0.4 is 5.32 Å². The molecule has 0 spiro atoms. The van der Waals surface area contributed by atoms with E-state index >= 15 is 0 Å². The molecular weight excluding hydrogens is 298 g/mol. The van der Waals surface area contributed by atoms with Crippen LogP contribution in [0.3, 0.4) is 0 Å². The second kappa shape index (κ2) is 7.66. The fourth-order valence-electron chi connectivity index (χ4n) is 2.07. The number of halogens is 1. The maximum absolute atomic E-state index is 5.77. The molecule has 0 amide bonds. The van der Waals surface area contributed by atoms with Gasteiger partial charge in [-0.05, 0) is 5.56 Å². The quantitative estimate of drug-likeness (QED) is 0.658. The van der Waals surface area contributed by atoms with Gasteiger partial charge >= 0.3 is 0 Å². The molecule has 0 aliphatic carbocycles. The molecule has 0 aliphatic rings. The van der Waals surface area contributed by atoms with Crippen LogP contribution in [0.5, 0.6) is 0 Å². The van der Waals surface area contributed by atoms with Crippen molar-refractivity contribution in [3.05, 3.63) is 54.0 Å². The minimum absolute atomic E-state index is 0.478. The SMILES string of the molecule is C=C(Cl)CNC(=NC)N(C)Cc1ncc(-c2ccccc2)[nH]1. The largest absolute Gasteiger partial charge is 0.351 e. The van der Waals surface area contributed by atoms with Crippen LogP contribution in [0.15, 0.2) is 53.1 Å². The maximum Gasteiger partial charge on any atom is 0.194 e. The first-order chi connectivity index (χ1) is 10.6. The third-order valence-corrected chi connectivity index (χ3v) is 3.25. The normalized spacial score (nSPS) is 11.3. The van der Waals surface area contributed by atoms with Gasteiger partial charge in [-0.25, -0.2) is 4.98 Å². The molecule has 2 N–H and O–H groups in total. The molecule has 0 radical (unpaired) electrons. The fourth-order valence-corrected chi connectivity index (χ4v) is 2.13. The summed E-state index contributed by atoms with van der Waals surface area (Å²) in [5.74, 6) is 1.61. The highest BCUT2D eigenvalue weighted by Crippen LogP contribution is 2.16. The predicted octanol–water partition coefficient (Wildman–Crippen LogP) is 2.84. The van der Waals surface area contributed by atoms with Crippen molar-refractivity contribution in [3.8, 4) is 11.3 Å². The molecule has 0 bridgehead atoms. The van der Waals surface area contributed by atoms with E-state index in [1.54, 1.807) is 7.05 Å². The van der Waals surface area contributed by atoms with E-state index in [1.165, 1.54) is 0 Å². The van der Waals surface area contributed by atoms with Crippen molar-refractivity contribution in [3.63, 3.8) is 0 Å². The van der Waals surface area contributed by atoms with Crippen molar-refractivity contribution in [2.75, 3.05) is 20.6 Å². The Hall–Kier alpha value is -2.27. The third kappa shape index (κ3) is 4.36. The molecule has 0 unspecified atom stereocenters. The number of benzene rings is 1. The van der Waals surface area contributed by atoms with Gasteiger partial charge < -0.3 is 15.2 Å². The lowest BCUT2D eigenvalue weighted by molar-refractivity contribution is 0.467. The van der Waals surface area contributed by atoms with Crippen molar-refractivity contribution in [2.24, 2.45) is 4.99 Å². The van der Waals surface area contributed by atoms with Crippen LogP contribution in [0.4, 0.5) is 0 Å². The highest BCUT2D eigenvalue weighted by Gasteiger charge is 2.09. The van der Waals surface area contributed by atoms with Gasteiger partial charge in [-0.1, -0.05) is 48.5 Å². The van der Waals surface area contributed by atoms with Gasteiger partial charge in [-0.2, -0.15) is 0 Å². The minimum Gasteiger partial charge on any atom is -0.351 e. The van der Waals surface area contributed by atoms with E-state index in [1.807, 2.05) is 48.5 Å². The van der Waals surface area contributed by atoms with Crippen molar-refractivity contribution >= 4 is 17.6 Å². The van der Waals surface area contributed by atoms with Gasteiger partial charge in [0.25, 0.3) is 0 Å². The standard InChI is InChI=1S/C16H20ClN5/c1-12(17)9-20-16(18-2)22(3)11-15-19-10-14(21-15)13-7-5-4-6-8-13/h4-8,10H,1,9,11H2,2-3H3,(H,18,20)(H,19,21). The molecule has 0 atom stereocenters. The number of hydrogen-bond acceptors (Lipinski definition) is 2. The number of nitrogens with one attached hydrogen (secondary N) is 2. The van der Waals surface area contributed by atoms with Gasteiger partial charge in [-0.15, -0.1) is 0 Å². The molecule has 116 valence electrons. The van der Waals surface area contributed by atoms with Crippen LogP contribution in [0, 0.1) is 0 Å². The smallest absolute Gasteiger partial charge is 0.194 e. The van der Waals surface area contributed by atoms with Crippen LogP contribution in [-0.2, 0) is 6.54 Å². The molecule has 1 aromatic carbocycles. The number of aromatic amines is 1. The first-order valence-corrected chi connectivity index (χ1v) is 7.32. The average Bonchev–Trinajstić information content (AvgIpc) is 2.97. The lowest BCUT2D eigenvalue weighted by atomic mass is 10.2. The molecule has 1 aromatic heterocycles. The molecule has 1 heterocycles. The van der Waals surface area contributed by atoms with E-state index < -0.39 is 0 Å². The van der Waals surface area contributed by atoms with E-state index in [0.29, 0.717) is 18.1 Å². The summed E-state index contributed by atoms with van der Waals surface area (Å²) >= 11 is 5.77. The van der Waals surface area contributed by atoms with Crippen molar-refractivity contribution in [1.29, 1.82) is 0 Å². The summed E-state index contributed by atoms with van der Waals surface area (Å²) in [7, 11) is 3.67. The number of aromatic nitrogens is 2. The topological polar surface area (TPSA) is 56.3 Å². The number of guanidine groups is 1. The number of imidazole rings is 1. The number of H-pyrrole nitrogens is 1. The van der Waals surface area contributed by atoms with Gasteiger partial charge in [0.15, 0.2) is 5.96 Å². The molecule has 0 fully saturated rings. The van der Waals surface area contributed by atoms with Gasteiger partial charge in [0.1, 0.15) is 5.82 Å². The van der Waals surface area contributed by atoms with E-state index in [-0.39, 0.29) is 0 Å². The fraction of sp³-hybridized carbons (Fsp3) is 0.250. The Kier molecular flexibility index (Phi) is 5.61. The summed E-state index contributed by atoms with van der Waals surface area (Å²) in [6.07, 6.45) is 1.84. The monoisotopic (exact) mass is 317 g/mol. The first-order valence-electron chi connectivity index (χ1n) is 6.94. The number of hydrogen-bond donors (Lipinski definition) is 2. The van der Waals surface area contributed by atoms with Crippen LogP contribution in [0.1, 0.15) is 5.82 Å². The Balaban J connectivity index is 2.01. The van der Waals surface area contributed by atoms with Gasteiger partial charge in [0.2, 0.25) is 0 Å². The van der Waals surface area contributed by atoms with E-state index in [0.717, 1.165) is 23.0 Å². The summed E-state index contributed by atoms with van der Waals surface area (Å²) in [4.78, 5) is 13.9. The minimum atomic E-state index is 0.478. The lowest BCUT2D eigenvalue weighted by Crippen LogP contribution is -2.39. The second-order valence-corrected chi connectivity index (χ2v) is 5.42. The number of aliphatic imine (C=N–C) groups is 1. The summed E-state index contributed by atoms with van der Waals surface area (Å²) in [6, 6.07) is 10.1. The van der Waals surface area contributed by atoms with Crippen LogP contribution in [0.25, 0.3) is 11.3 Å². The molecule has 6 heteroatoms. The summed E-state index contributed by atoms with van der Waals surface area (Å²) < 4.78 is 0. The lowest BCUT2D eigenvalue weighted by Gasteiger charge is -2.20. The van der Waals surface area contributed by atoms with Crippen molar-refractivity contribution in [1.82, 2.24) is 20.2 Å². The van der Waals surface area contributed by atoms with E-state index in [2.05, 4.69) is 26.9 Å². The van der Waals surface area contributed by atoms with E-state index in [9.17, 15) is 0 Å². The summed E-state index contributed by atoms with van der Waals surface area (Å²) in [6.45, 7) is 4.74. The first kappa shape index (κ1) is 16.1. The molecule has 0 saturated carbocycles.